The van der Waals surface area contributed by atoms with Gasteiger partial charge >= 0.3 is 11.9 Å². The molecule has 0 aliphatic heterocycles. The van der Waals surface area contributed by atoms with E-state index in [2.05, 4.69) is 20.7 Å². The van der Waals surface area contributed by atoms with Crippen molar-refractivity contribution in [1.82, 2.24) is 20.7 Å². The number of nitrogens with one attached hydrogen (secondary N) is 2. The van der Waals surface area contributed by atoms with Crippen LogP contribution in [-0.2, 0) is 20.7 Å². The van der Waals surface area contributed by atoms with E-state index in [4.69, 9.17) is 4.74 Å². The predicted octanol–water partition coefficient (Wildman–Crippen LogP) is 3.49. The van der Waals surface area contributed by atoms with Gasteiger partial charge in [-0.25, -0.2) is 0 Å². The SMILES string of the molecule is CC(C)C(=O)OCC(C)(C[C@@H](Cc1ccc(-c2ccccc2)cc1)NC(=O)c1cnn[nH]1)C(=O)O. The van der Waals surface area contributed by atoms with Gasteiger partial charge in [0.2, 0.25) is 0 Å². The number of carboxylic acids is 1. The summed E-state index contributed by atoms with van der Waals surface area (Å²) < 4.78 is 5.26. The second-order valence-electron chi connectivity index (χ2n) is 9.14. The van der Waals surface area contributed by atoms with Gasteiger partial charge in [0.25, 0.3) is 5.91 Å². The number of benzene rings is 2. The van der Waals surface area contributed by atoms with Crippen molar-refractivity contribution in [3.05, 3.63) is 72.1 Å². The normalized spacial score (nSPS) is 13.6. The van der Waals surface area contributed by atoms with E-state index in [0.717, 1.165) is 16.7 Å². The second kappa shape index (κ2) is 11.4. The maximum absolute atomic E-state index is 12.7. The van der Waals surface area contributed by atoms with Crippen LogP contribution in [-0.4, -0.2) is 51.0 Å². The number of H-pyrrole nitrogens is 1. The first kappa shape index (κ1) is 25.6. The summed E-state index contributed by atoms with van der Waals surface area (Å²) in [6, 6.07) is 17.3. The Hall–Kier alpha value is -4.01. The molecule has 184 valence electrons. The van der Waals surface area contributed by atoms with Crippen molar-refractivity contribution in [1.29, 1.82) is 0 Å². The van der Waals surface area contributed by atoms with Crippen LogP contribution in [0, 0.1) is 11.3 Å². The molecule has 9 nitrogen and oxygen atoms in total. The van der Waals surface area contributed by atoms with Gasteiger partial charge in [0.15, 0.2) is 0 Å². The number of amides is 1. The summed E-state index contributed by atoms with van der Waals surface area (Å²) in [6.45, 7) is 4.57. The third-order valence-electron chi connectivity index (χ3n) is 5.76. The van der Waals surface area contributed by atoms with E-state index < -0.39 is 29.3 Å². The smallest absolute Gasteiger partial charge is 0.312 e. The van der Waals surface area contributed by atoms with Gasteiger partial charge in [-0.15, -0.1) is 5.10 Å². The lowest BCUT2D eigenvalue weighted by Crippen LogP contribution is -2.45. The van der Waals surface area contributed by atoms with E-state index in [0.29, 0.717) is 6.42 Å². The molecule has 0 saturated carbocycles. The van der Waals surface area contributed by atoms with E-state index in [1.807, 2.05) is 54.6 Å². The van der Waals surface area contributed by atoms with E-state index in [1.165, 1.54) is 13.1 Å². The fraction of sp³-hybridized carbons (Fsp3) is 0.346. The molecule has 0 radical (unpaired) electrons. The molecule has 3 N–H and O–H groups in total. The molecule has 1 unspecified atom stereocenters. The van der Waals surface area contributed by atoms with Crippen LogP contribution < -0.4 is 5.32 Å². The first-order valence-electron chi connectivity index (χ1n) is 11.4. The van der Waals surface area contributed by atoms with Crippen molar-refractivity contribution in [2.24, 2.45) is 11.3 Å². The van der Waals surface area contributed by atoms with Gasteiger partial charge < -0.3 is 15.2 Å². The molecule has 1 aromatic heterocycles. The summed E-state index contributed by atoms with van der Waals surface area (Å²) in [5.74, 6) is -2.42. The van der Waals surface area contributed by atoms with Gasteiger partial charge in [0, 0.05) is 6.04 Å². The zero-order valence-corrected chi connectivity index (χ0v) is 20.0. The number of carboxylic acid groups (broad SMARTS) is 1. The van der Waals surface area contributed by atoms with Crippen molar-refractivity contribution in [3.63, 3.8) is 0 Å². The molecule has 3 rings (SSSR count). The van der Waals surface area contributed by atoms with E-state index in [1.54, 1.807) is 13.8 Å². The van der Waals surface area contributed by atoms with Crippen LogP contribution in [0.3, 0.4) is 0 Å². The molecule has 0 saturated heterocycles. The van der Waals surface area contributed by atoms with E-state index >= 15 is 0 Å². The molecule has 9 heteroatoms. The molecule has 1 heterocycles. The fourth-order valence-electron chi connectivity index (χ4n) is 3.64. The molecule has 0 aliphatic carbocycles. The van der Waals surface area contributed by atoms with Crippen molar-refractivity contribution in [2.45, 2.75) is 39.7 Å². The molecule has 2 atom stereocenters. The number of carbonyl (C=O) groups is 3. The minimum absolute atomic E-state index is 0.0431. The Kier molecular flexibility index (Phi) is 8.35. The van der Waals surface area contributed by atoms with Gasteiger partial charge in [-0.3, -0.25) is 19.5 Å². The van der Waals surface area contributed by atoms with Crippen LogP contribution >= 0.6 is 0 Å². The number of aliphatic carboxylic acids is 1. The molecule has 0 bridgehead atoms. The van der Waals surface area contributed by atoms with Crippen molar-refractivity contribution < 1.29 is 24.2 Å². The molecule has 1 amide bonds. The van der Waals surface area contributed by atoms with Crippen LogP contribution in [0.15, 0.2) is 60.8 Å². The average molecular weight is 479 g/mol. The van der Waals surface area contributed by atoms with Crippen molar-refractivity contribution >= 4 is 17.8 Å². The number of rotatable bonds is 11. The van der Waals surface area contributed by atoms with Gasteiger partial charge in [-0.05, 0) is 36.5 Å². The lowest BCUT2D eigenvalue weighted by Gasteiger charge is -2.30. The Morgan fingerprint density at radius 3 is 2.29 bits per heavy atom. The van der Waals surface area contributed by atoms with Crippen LogP contribution in [0.2, 0.25) is 0 Å². The predicted molar refractivity (Wildman–Crippen MR) is 129 cm³/mol. The summed E-state index contributed by atoms with van der Waals surface area (Å²) in [4.78, 5) is 36.8. The number of carbonyl (C=O) groups excluding carboxylic acids is 2. The number of ether oxygens (including phenoxy) is 1. The lowest BCUT2D eigenvalue weighted by atomic mass is 9.82. The highest BCUT2D eigenvalue weighted by atomic mass is 16.5. The molecule has 2 aromatic carbocycles. The number of aromatic amines is 1. The number of aromatic nitrogens is 3. The summed E-state index contributed by atoms with van der Waals surface area (Å²) in [5, 5.41) is 22.5. The summed E-state index contributed by atoms with van der Waals surface area (Å²) in [6.07, 6.45) is 1.71. The van der Waals surface area contributed by atoms with Crippen LogP contribution in [0.25, 0.3) is 11.1 Å². The Labute approximate surface area is 203 Å². The largest absolute Gasteiger partial charge is 0.481 e. The van der Waals surface area contributed by atoms with Gasteiger partial charge in [0.1, 0.15) is 17.7 Å². The Morgan fingerprint density at radius 2 is 1.71 bits per heavy atom. The Balaban J connectivity index is 1.80. The first-order valence-corrected chi connectivity index (χ1v) is 11.4. The monoisotopic (exact) mass is 478 g/mol. The van der Waals surface area contributed by atoms with Crippen LogP contribution in [0.4, 0.5) is 0 Å². The van der Waals surface area contributed by atoms with Gasteiger partial charge in [0.05, 0.1) is 12.1 Å². The summed E-state index contributed by atoms with van der Waals surface area (Å²) in [7, 11) is 0. The topological polar surface area (TPSA) is 134 Å². The van der Waals surface area contributed by atoms with E-state index in [-0.39, 0.29) is 24.6 Å². The maximum atomic E-state index is 12.7. The minimum atomic E-state index is -1.40. The zero-order chi connectivity index (χ0) is 25.4. The molecule has 0 fully saturated rings. The highest BCUT2D eigenvalue weighted by Gasteiger charge is 2.38. The summed E-state index contributed by atoms with van der Waals surface area (Å²) >= 11 is 0. The van der Waals surface area contributed by atoms with Gasteiger partial charge in [-0.1, -0.05) is 73.7 Å². The first-order chi connectivity index (χ1) is 16.7. The Bertz CT molecular complexity index is 1130. The third-order valence-corrected chi connectivity index (χ3v) is 5.76. The van der Waals surface area contributed by atoms with Crippen molar-refractivity contribution in [3.8, 4) is 11.1 Å². The average Bonchev–Trinajstić information content (AvgIpc) is 3.38. The van der Waals surface area contributed by atoms with Crippen LogP contribution in [0.1, 0.15) is 43.2 Å². The van der Waals surface area contributed by atoms with Crippen molar-refractivity contribution in [2.75, 3.05) is 6.61 Å². The highest BCUT2D eigenvalue weighted by molar-refractivity contribution is 5.92. The molecular formula is C26H30N4O5. The lowest BCUT2D eigenvalue weighted by molar-refractivity contribution is -0.160. The van der Waals surface area contributed by atoms with Crippen LogP contribution in [0.5, 0.6) is 0 Å². The summed E-state index contributed by atoms with van der Waals surface area (Å²) in [5.41, 5.74) is 1.82. The number of hydrogen-bond acceptors (Lipinski definition) is 6. The van der Waals surface area contributed by atoms with Gasteiger partial charge in [-0.2, -0.15) is 0 Å². The standard InChI is InChI=1S/C26H30N4O5/c1-17(2)24(32)35-16-26(3,25(33)34)14-21(28-23(31)22-15-27-30-29-22)13-18-9-11-20(12-10-18)19-7-5-4-6-8-19/h4-12,15,17,21H,13-14,16H2,1-3H3,(H,28,31)(H,33,34)(H,27,29,30)/t21-,26?/m1/s1. The number of esters is 1. The van der Waals surface area contributed by atoms with E-state index in [9.17, 15) is 19.5 Å². The fourth-order valence-corrected chi connectivity index (χ4v) is 3.64. The second-order valence-corrected chi connectivity index (χ2v) is 9.14. The minimum Gasteiger partial charge on any atom is -0.481 e. The highest BCUT2D eigenvalue weighted by Crippen LogP contribution is 2.27. The molecule has 3 aromatic rings. The number of nitrogens with zero attached hydrogens (tertiary/aromatic N) is 2. The Morgan fingerprint density at radius 1 is 1.06 bits per heavy atom. The quantitative estimate of drug-likeness (QED) is 0.359. The molecule has 0 spiro atoms. The number of hydrogen-bond donors (Lipinski definition) is 3. The maximum Gasteiger partial charge on any atom is 0.312 e. The molecular weight excluding hydrogens is 448 g/mol. The third kappa shape index (κ3) is 6.99. The molecule has 0 aliphatic rings. The zero-order valence-electron chi connectivity index (χ0n) is 20.0. The molecule has 35 heavy (non-hydrogen) atoms.